The third-order valence-corrected chi connectivity index (χ3v) is 3.64. The van der Waals surface area contributed by atoms with E-state index in [2.05, 4.69) is 17.1 Å². The van der Waals surface area contributed by atoms with E-state index >= 15 is 0 Å². The lowest BCUT2D eigenvalue weighted by Crippen LogP contribution is -2.32. The first kappa shape index (κ1) is 15.3. The molecule has 1 atom stereocenters. The first-order valence-electron chi connectivity index (χ1n) is 7.11. The molecule has 1 heterocycles. The molecule has 5 heteroatoms. The Hall–Kier alpha value is -1.07. The molecule has 112 valence electrons. The largest absolute Gasteiger partial charge is 0.416 e. The van der Waals surface area contributed by atoms with Crippen LogP contribution in [0.15, 0.2) is 24.3 Å². The second-order valence-electron chi connectivity index (χ2n) is 5.37. The molecule has 1 N–H and O–H groups in total. The van der Waals surface area contributed by atoms with Gasteiger partial charge in [0.05, 0.1) is 5.56 Å². The molecule has 2 nitrogen and oxygen atoms in total. The second-order valence-corrected chi connectivity index (χ2v) is 5.37. The van der Waals surface area contributed by atoms with Gasteiger partial charge in [0.2, 0.25) is 0 Å². The molecular weight excluding hydrogens is 265 g/mol. The lowest BCUT2D eigenvalue weighted by molar-refractivity contribution is -0.137. The third-order valence-electron chi connectivity index (χ3n) is 3.64. The van der Waals surface area contributed by atoms with Crippen LogP contribution in [0.3, 0.4) is 0 Å². The van der Waals surface area contributed by atoms with Crippen LogP contribution in [-0.4, -0.2) is 30.6 Å². The second kappa shape index (κ2) is 6.59. The van der Waals surface area contributed by atoms with Gasteiger partial charge in [0, 0.05) is 25.7 Å². The molecule has 0 amide bonds. The number of hydrogen-bond donors (Lipinski definition) is 1. The van der Waals surface area contributed by atoms with E-state index < -0.39 is 11.7 Å². The van der Waals surface area contributed by atoms with E-state index in [0.717, 1.165) is 56.7 Å². The van der Waals surface area contributed by atoms with E-state index in [1.165, 1.54) is 0 Å². The zero-order valence-corrected chi connectivity index (χ0v) is 11.7. The first-order valence-corrected chi connectivity index (χ1v) is 7.11. The molecule has 0 radical (unpaired) electrons. The summed E-state index contributed by atoms with van der Waals surface area (Å²) in [5.41, 5.74) is 0.360. The summed E-state index contributed by atoms with van der Waals surface area (Å²) in [6, 6.07) is 6.01. The van der Waals surface area contributed by atoms with Crippen LogP contribution in [0.25, 0.3) is 0 Å². The summed E-state index contributed by atoms with van der Waals surface area (Å²) in [6.07, 6.45) is -2.02. The number of alkyl halides is 3. The molecule has 0 bridgehead atoms. The summed E-state index contributed by atoms with van der Waals surface area (Å²) in [5, 5.41) is 3.49. The van der Waals surface area contributed by atoms with E-state index in [0.29, 0.717) is 6.04 Å². The van der Waals surface area contributed by atoms with Gasteiger partial charge in [-0.1, -0.05) is 19.1 Å². The van der Waals surface area contributed by atoms with Crippen molar-refractivity contribution in [1.29, 1.82) is 0 Å². The van der Waals surface area contributed by atoms with Gasteiger partial charge in [-0.2, -0.15) is 13.2 Å². The summed E-state index contributed by atoms with van der Waals surface area (Å²) in [6.45, 7) is 5.87. The van der Waals surface area contributed by atoms with Crippen molar-refractivity contribution >= 4 is 0 Å². The Morgan fingerprint density at radius 3 is 2.55 bits per heavy atom. The highest BCUT2D eigenvalue weighted by molar-refractivity contribution is 5.24. The number of nitrogens with zero attached hydrogens (tertiary/aromatic N) is 1. The van der Waals surface area contributed by atoms with Crippen molar-refractivity contribution in [2.45, 2.75) is 38.5 Å². The Bertz CT molecular complexity index is 414. The molecule has 2 rings (SSSR count). The van der Waals surface area contributed by atoms with Gasteiger partial charge in [-0.25, -0.2) is 0 Å². The first-order chi connectivity index (χ1) is 9.49. The Morgan fingerprint density at radius 1 is 1.25 bits per heavy atom. The quantitative estimate of drug-likeness (QED) is 0.893. The van der Waals surface area contributed by atoms with Gasteiger partial charge in [-0.3, -0.25) is 4.90 Å². The molecule has 0 spiro atoms. The molecule has 1 saturated heterocycles. The monoisotopic (exact) mass is 286 g/mol. The van der Waals surface area contributed by atoms with Crippen LogP contribution in [0.1, 0.15) is 30.9 Å². The molecule has 1 aliphatic heterocycles. The van der Waals surface area contributed by atoms with Gasteiger partial charge < -0.3 is 5.32 Å². The van der Waals surface area contributed by atoms with Crippen molar-refractivity contribution in [3.8, 4) is 0 Å². The standard InChI is InChI=1S/C15H21F3N2/c1-2-8-19-14-7-9-20(11-14)10-12-3-5-13(6-4-12)15(16,17)18/h3-6,14,19H,2,7-11H2,1H3. The van der Waals surface area contributed by atoms with E-state index in [9.17, 15) is 13.2 Å². The zero-order chi connectivity index (χ0) is 14.6. The SMILES string of the molecule is CCCNC1CCN(Cc2ccc(C(F)(F)F)cc2)C1. The highest BCUT2D eigenvalue weighted by Crippen LogP contribution is 2.29. The van der Waals surface area contributed by atoms with Gasteiger partial charge >= 0.3 is 6.18 Å². The minimum Gasteiger partial charge on any atom is -0.313 e. The molecule has 0 aliphatic carbocycles. The Morgan fingerprint density at radius 2 is 1.95 bits per heavy atom. The van der Waals surface area contributed by atoms with Crippen LogP contribution in [0, 0.1) is 0 Å². The van der Waals surface area contributed by atoms with Crippen molar-refractivity contribution in [3.05, 3.63) is 35.4 Å². The number of likely N-dealkylation sites (tertiary alicyclic amines) is 1. The van der Waals surface area contributed by atoms with Gasteiger partial charge in [0.15, 0.2) is 0 Å². The maximum absolute atomic E-state index is 12.5. The van der Waals surface area contributed by atoms with E-state index in [1.54, 1.807) is 12.1 Å². The van der Waals surface area contributed by atoms with Gasteiger partial charge in [0.25, 0.3) is 0 Å². The Labute approximate surface area is 118 Å². The summed E-state index contributed by atoms with van der Waals surface area (Å²) in [4.78, 5) is 2.29. The van der Waals surface area contributed by atoms with Crippen LogP contribution < -0.4 is 5.32 Å². The maximum atomic E-state index is 12.5. The highest BCUT2D eigenvalue weighted by Gasteiger charge is 2.30. The predicted molar refractivity (Wildman–Crippen MR) is 73.4 cm³/mol. The maximum Gasteiger partial charge on any atom is 0.416 e. The van der Waals surface area contributed by atoms with E-state index in [-0.39, 0.29) is 0 Å². The van der Waals surface area contributed by atoms with Crippen LogP contribution in [0.5, 0.6) is 0 Å². The number of nitrogens with one attached hydrogen (secondary N) is 1. The fourth-order valence-corrected chi connectivity index (χ4v) is 2.55. The smallest absolute Gasteiger partial charge is 0.313 e. The number of halogens is 3. The van der Waals surface area contributed by atoms with Crippen LogP contribution >= 0.6 is 0 Å². The molecule has 0 aromatic heterocycles. The van der Waals surface area contributed by atoms with Crippen molar-refractivity contribution in [3.63, 3.8) is 0 Å². The lowest BCUT2D eigenvalue weighted by atomic mass is 10.1. The minimum absolute atomic E-state index is 0.518. The van der Waals surface area contributed by atoms with Crippen LogP contribution in [-0.2, 0) is 12.7 Å². The molecular formula is C15H21F3N2. The summed E-state index contributed by atoms with van der Waals surface area (Å²) in [5.74, 6) is 0. The molecule has 1 aromatic carbocycles. The third kappa shape index (κ3) is 4.21. The Balaban J connectivity index is 1.85. The molecule has 0 saturated carbocycles. The number of benzene rings is 1. The summed E-state index contributed by atoms with van der Waals surface area (Å²) < 4.78 is 37.4. The average Bonchev–Trinajstić information content (AvgIpc) is 2.83. The highest BCUT2D eigenvalue weighted by atomic mass is 19.4. The van der Waals surface area contributed by atoms with Crippen LogP contribution in [0.2, 0.25) is 0 Å². The number of hydrogen-bond acceptors (Lipinski definition) is 2. The fourth-order valence-electron chi connectivity index (χ4n) is 2.55. The van der Waals surface area contributed by atoms with Gasteiger partial charge in [0.1, 0.15) is 0 Å². The van der Waals surface area contributed by atoms with Gasteiger partial charge in [-0.15, -0.1) is 0 Å². The van der Waals surface area contributed by atoms with Gasteiger partial charge in [-0.05, 0) is 37.1 Å². The molecule has 20 heavy (non-hydrogen) atoms. The summed E-state index contributed by atoms with van der Waals surface area (Å²) >= 11 is 0. The summed E-state index contributed by atoms with van der Waals surface area (Å²) in [7, 11) is 0. The van der Waals surface area contributed by atoms with Crippen molar-refractivity contribution in [2.75, 3.05) is 19.6 Å². The normalized spacial score (nSPS) is 20.5. The molecule has 1 aliphatic rings. The topological polar surface area (TPSA) is 15.3 Å². The predicted octanol–water partition coefficient (Wildman–Crippen LogP) is 3.28. The average molecular weight is 286 g/mol. The van der Waals surface area contributed by atoms with Crippen molar-refractivity contribution in [2.24, 2.45) is 0 Å². The van der Waals surface area contributed by atoms with E-state index in [4.69, 9.17) is 0 Å². The Kier molecular flexibility index (Phi) is 5.05. The number of rotatable bonds is 5. The lowest BCUT2D eigenvalue weighted by Gasteiger charge is -2.17. The van der Waals surface area contributed by atoms with Crippen LogP contribution in [0.4, 0.5) is 13.2 Å². The van der Waals surface area contributed by atoms with E-state index in [1.807, 2.05) is 0 Å². The fraction of sp³-hybridized carbons (Fsp3) is 0.600. The molecule has 1 unspecified atom stereocenters. The minimum atomic E-state index is -4.25. The zero-order valence-electron chi connectivity index (χ0n) is 11.7. The molecule has 1 aromatic rings. The van der Waals surface area contributed by atoms with Crippen molar-refractivity contribution in [1.82, 2.24) is 10.2 Å². The van der Waals surface area contributed by atoms with Crippen molar-refractivity contribution < 1.29 is 13.2 Å². The molecule has 1 fully saturated rings.